The minimum absolute atomic E-state index is 0.301. The lowest BCUT2D eigenvalue weighted by atomic mass is 9.78. The van der Waals surface area contributed by atoms with Crippen molar-refractivity contribution in [3.8, 4) is 5.75 Å². The highest BCUT2D eigenvalue weighted by atomic mass is 16.3. The Balaban J connectivity index is 1.50. The molecule has 0 saturated heterocycles. The molecule has 3 aliphatic rings. The van der Waals surface area contributed by atoms with Gasteiger partial charge in [0.15, 0.2) is 0 Å². The number of nitrogens with one attached hydrogen (secondary N) is 1. The van der Waals surface area contributed by atoms with Gasteiger partial charge in [0.1, 0.15) is 5.75 Å². The molecule has 0 radical (unpaired) electrons. The fraction of sp³-hybridized carbons (Fsp3) is 0.684. The van der Waals surface area contributed by atoms with Crippen LogP contribution in [0.1, 0.15) is 57.1 Å². The Kier molecular flexibility index (Phi) is 3.45. The minimum Gasteiger partial charge on any atom is -0.508 e. The highest BCUT2D eigenvalue weighted by Gasteiger charge is 2.53. The molecule has 1 aromatic rings. The summed E-state index contributed by atoms with van der Waals surface area (Å²) in [5.74, 6) is 4.39. The van der Waals surface area contributed by atoms with Crippen LogP contribution in [0.15, 0.2) is 24.3 Å². The number of hydrogen-bond donors (Lipinski definition) is 2. The molecule has 0 spiro atoms. The molecule has 3 saturated carbocycles. The zero-order valence-electron chi connectivity index (χ0n) is 13.0. The van der Waals surface area contributed by atoms with Crippen molar-refractivity contribution in [1.29, 1.82) is 0 Å². The lowest BCUT2D eigenvalue weighted by molar-refractivity contribution is 0.196. The summed E-state index contributed by atoms with van der Waals surface area (Å²) < 4.78 is 0. The summed E-state index contributed by atoms with van der Waals surface area (Å²) in [7, 11) is 0. The van der Waals surface area contributed by atoms with Gasteiger partial charge in [0.25, 0.3) is 0 Å². The topological polar surface area (TPSA) is 32.3 Å². The molecule has 3 fully saturated rings. The summed E-state index contributed by atoms with van der Waals surface area (Å²) in [6.07, 6.45) is 8.30. The average Bonchev–Trinajstić information content (AvgIpc) is 3.18. The van der Waals surface area contributed by atoms with Gasteiger partial charge in [-0.25, -0.2) is 0 Å². The van der Waals surface area contributed by atoms with E-state index in [-0.39, 0.29) is 0 Å². The van der Waals surface area contributed by atoms with E-state index < -0.39 is 0 Å². The van der Waals surface area contributed by atoms with E-state index in [2.05, 4.69) is 18.3 Å². The molecule has 21 heavy (non-hydrogen) atoms. The van der Waals surface area contributed by atoms with Crippen molar-refractivity contribution in [2.45, 2.75) is 57.5 Å². The van der Waals surface area contributed by atoms with Gasteiger partial charge in [-0.15, -0.1) is 0 Å². The molecule has 1 aromatic carbocycles. The van der Waals surface area contributed by atoms with Crippen molar-refractivity contribution in [3.05, 3.63) is 29.8 Å². The molecule has 4 rings (SSSR count). The SMILES string of the molecule is CCC(NC1CC2CC1C1CCCC21)c1ccccc1O. The Bertz CT molecular complexity index is 514. The smallest absolute Gasteiger partial charge is 0.120 e. The van der Waals surface area contributed by atoms with Crippen LogP contribution in [0, 0.1) is 23.7 Å². The lowest BCUT2D eigenvalue weighted by Gasteiger charge is -2.35. The molecule has 3 aliphatic carbocycles. The molecular formula is C19H27NO. The Morgan fingerprint density at radius 2 is 1.95 bits per heavy atom. The Labute approximate surface area is 128 Å². The van der Waals surface area contributed by atoms with E-state index in [0.717, 1.165) is 35.7 Å². The van der Waals surface area contributed by atoms with E-state index in [9.17, 15) is 5.11 Å². The van der Waals surface area contributed by atoms with E-state index >= 15 is 0 Å². The molecule has 2 N–H and O–H groups in total. The zero-order valence-corrected chi connectivity index (χ0v) is 13.0. The van der Waals surface area contributed by atoms with Gasteiger partial charge in [-0.05, 0) is 61.8 Å². The molecule has 0 aliphatic heterocycles. The number of fused-ring (bicyclic) bond motifs is 5. The minimum atomic E-state index is 0.301. The normalized spacial score (nSPS) is 38.6. The van der Waals surface area contributed by atoms with E-state index in [4.69, 9.17) is 0 Å². The van der Waals surface area contributed by atoms with Gasteiger partial charge in [0, 0.05) is 17.6 Å². The first-order valence-electron chi connectivity index (χ1n) is 8.82. The van der Waals surface area contributed by atoms with Gasteiger partial charge in [0.05, 0.1) is 0 Å². The molecule has 6 atom stereocenters. The Morgan fingerprint density at radius 1 is 1.14 bits per heavy atom. The van der Waals surface area contributed by atoms with Crippen molar-refractivity contribution in [2.24, 2.45) is 23.7 Å². The lowest BCUT2D eigenvalue weighted by Crippen LogP contribution is -2.41. The molecule has 2 bridgehead atoms. The molecule has 2 nitrogen and oxygen atoms in total. The summed E-state index contributed by atoms with van der Waals surface area (Å²) in [5, 5.41) is 14.0. The van der Waals surface area contributed by atoms with Crippen LogP contribution in [0.2, 0.25) is 0 Å². The number of para-hydroxylation sites is 1. The van der Waals surface area contributed by atoms with E-state index in [1.807, 2.05) is 18.2 Å². The van der Waals surface area contributed by atoms with E-state index in [0.29, 0.717) is 17.8 Å². The highest BCUT2D eigenvalue weighted by Crippen LogP contribution is 2.59. The predicted molar refractivity (Wildman–Crippen MR) is 85.1 cm³/mol. The summed E-state index contributed by atoms with van der Waals surface area (Å²) in [4.78, 5) is 0. The van der Waals surface area contributed by atoms with Gasteiger partial charge in [0.2, 0.25) is 0 Å². The molecule has 0 heterocycles. The van der Waals surface area contributed by atoms with Gasteiger partial charge >= 0.3 is 0 Å². The molecule has 114 valence electrons. The third kappa shape index (κ3) is 2.19. The summed E-state index contributed by atoms with van der Waals surface area (Å²) in [5.41, 5.74) is 1.07. The maximum absolute atomic E-state index is 10.1. The number of phenols is 1. The second kappa shape index (κ2) is 5.31. The number of phenolic OH excluding ortho intramolecular Hbond substituents is 1. The fourth-order valence-corrected chi connectivity index (χ4v) is 5.73. The number of rotatable bonds is 4. The standard InChI is InChI=1S/C19H27NO/c1-2-17(15-6-3-4-9-19(15)21)20-18-11-12-10-16(18)14-8-5-7-13(12)14/h3-4,6,9,12-14,16-18,20-21H,2,5,7-8,10-11H2,1H3. The van der Waals surface area contributed by atoms with Crippen LogP contribution in [0.3, 0.4) is 0 Å². The van der Waals surface area contributed by atoms with E-state index in [1.54, 1.807) is 0 Å². The van der Waals surface area contributed by atoms with Crippen LogP contribution in [-0.2, 0) is 0 Å². The quantitative estimate of drug-likeness (QED) is 0.866. The van der Waals surface area contributed by atoms with Crippen LogP contribution in [-0.4, -0.2) is 11.1 Å². The van der Waals surface area contributed by atoms with Crippen LogP contribution < -0.4 is 5.32 Å². The van der Waals surface area contributed by atoms with Crippen molar-refractivity contribution in [2.75, 3.05) is 0 Å². The summed E-state index contributed by atoms with van der Waals surface area (Å²) in [6.45, 7) is 2.22. The van der Waals surface area contributed by atoms with Crippen LogP contribution in [0.4, 0.5) is 0 Å². The first-order chi connectivity index (χ1) is 10.3. The molecule has 0 amide bonds. The van der Waals surface area contributed by atoms with Crippen molar-refractivity contribution in [1.82, 2.24) is 5.32 Å². The summed E-state index contributed by atoms with van der Waals surface area (Å²) >= 11 is 0. The Morgan fingerprint density at radius 3 is 2.76 bits per heavy atom. The second-order valence-electron chi connectivity index (χ2n) is 7.45. The first kappa shape index (κ1) is 13.6. The maximum Gasteiger partial charge on any atom is 0.120 e. The van der Waals surface area contributed by atoms with Crippen molar-refractivity contribution >= 4 is 0 Å². The van der Waals surface area contributed by atoms with Gasteiger partial charge in [-0.3, -0.25) is 0 Å². The zero-order chi connectivity index (χ0) is 14.4. The van der Waals surface area contributed by atoms with Crippen molar-refractivity contribution in [3.63, 3.8) is 0 Å². The van der Waals surface area contributed by atoms with Gasteiger partial charge in [-0.1, -0.05) is 31.5 Å². The monoisotopic (exact) mass is 285 g/mol. The predicted octanol–water partition coefficient (Wildman–Crippen LogP) is 4.26. The summed E-state index contributed by atoms with van der Waals surface area (Å²) in [6, 6.07) is 8.81. The number of benzene rings is 1. The molecule has 6 unspecified atom stereocenters. The number of aromatic hydroxyl groups is 1. The number of hydrogen-bond acceptors (Lipinski definition) is 2. The van der Waals surface area contributed by atoms with E-state index in [1.165, 1.54) is 32.1 Å². The van der Waals surface area contributed by atoms with Crippen LogP contribution in [0.25, 0.3) is 0 Å². The molecule has 2 heteroatoms. The van der Waals surface area contributed by atoms with Gasteiger partial charge < -0.3 is 10.4 Å². The Hall–Kier alpha value is -1.02. The second-order valence-corrected chi connectivity index (χ2v) is 7.45. The maximum atomic E-state index is 10.1. The third-order valence-corrected chi connectivity index (χ3v) is 6.56. The largest absolute Gasteiger partial charge is 0.508 e. The fourth-order valence-electron chi connectivity index (χ4n) is 5.73. The van der Waals surface area contributed by atoms with Crippen LogP contribution >= 0.6 is 0 Å². The van der Waals surface area contributed by atoms with Crippen LogP contribution in [0.5, 0.6) is 5.75 Å². The first-order valence-corrected chi connectivity index (χ1v) is 8.82. The van der Waals surface area contributed by atoms with Gasteiger partial charge in [-0.2, -0.15) is 0 Å². The van der Waals surface area contributed by atoms with Crippen molar-refractivity contribution < 1.29 is 5.11 Å². The third-order valence-electron chi connectivity index (χ3n) is 6.56. The highest BCUT2D eigenvalue weighted by molar-refractivity contribution is 5.34. The average molecular weight is 285 g/mol. The molecule has 0 aromatic heterocycles. The molecular weight excluding hydrogens is 258 g/mol.